The van der Waals surface area contributed by atoms with Crippen molar-refractivity contribution in [3.8, 4) is 0 Å². The van der Waals surface area contributed by atoms with Crippen LogP contribution in [0.3, 0.4) is 0 Å². The van der Waals surface area contributed by atoms with Gasteiger partial charge in [0.25, 0.3) is 0 Å². The molecule has 1 rings (SSSR count). The predicted molar refractivity (Wildman–Crippen MR) is 99.5 cm³/mol. The molecule has 0 aromatic heterocycles. The Bertz CT molecular complexity index is 614. The fraction of sp³-hybridized carbons (Fsp3) is 0.526. The van der Waals surface area contributed by atoms with E-state index in [0.717, 1.165) is 5.56 Å². The molecule has 0 saturated carbocycles. The maximum Gasteiger partial charge on any atom is 0.315 e. The van der Waals surface area contributed by atoms with Gasteiger partial charge in [0.05, 0.1) is 5.41 Å². The van der Waals surface area contributed by atoms with Gasteiger partial charge in [-0.25, -0.2) is 4.79 Å². The third-order valence-electron chi connectivity index (χ3n) is 4.16. The maximum absolute atomic E-state index is 12.3. The van der Waals surface area contributed by atoms with E-state index in [1.54, 1.807) is 13.8 Å². The molecule has 3 amide bonds. The number of aliphatic carboxylic acids is 1. The highest BCUT2D eigenvalue weighted by molar-refractivity contribution is 5.87. The lowest BCUT2D eigenvalue weighted by Gasteiger charge is -2.23. The Hall–Kier alpha value is -2.57. The lowest BCUT2D eigenvalue weighted by Crippen LogP contribution is -2.52. The standard InChI is InChI=1S/C19H29N3O4/c1-13(2)15(16(23)20-11-10-19(3,4)17(24)25)22-18(26)21-12-14-8-6-5-7-9-14/h5-9,13,15H,10-12H2,1-4H3,(H,20,23)(H,24,25)(H2,21,22,26). The lowest BCUT2D eigenvalue weighted by atomic mass is 9.89. The highest BCUT2D eigenvalue weighted by atomic mass is 16.4. The summed E-state index contributed by atoms with van der Waals surface area (Å²) in [4.78, 5) is 35.5. The number of carboxylic acids is 1. The summed E-state index contributed by atoms with van der Waals surface area (Å²) in [6, 6.07) is 8.35. The molecule has 1 unspecified atom stereocenters. The number of carboxylic acid groups (broad SMARTS) is 1. The van der Waals surface area contributed by atoms with Gasteiger partial charge in [-0.15, -0.1) is 0 Å². The molecule has 0 heterocycles. The van der Waals surface area contributed by atoms with E-state index in [0.29, 0.717) is 13.0 Å². The molecule has 7 nitrogen and oxygen atoms in total. The van der Waals surface area contributed by atoms with Gasteiger partial charge in [0.1, 0.15) is 6.04 Å². The molecule has 0 saturated heterocycles. The molecule has 0 aliphatic rings. The van der Waals surface area contributed by atoms with Gasteiger partial charge in [-0.2, -0.15) is 0 Å². The molecule has 7 heteroatoms. The summed E-state index contributed by atoms with van der Waals surface area (Å²) < 4.78 is 0. The van der Waals surface area contributed by atoms with Gasteiger partial charge in [0.15, 0.2) is 0 Å². The number of urea groups is 1. The number of amides is 3. The third kappa shape index (κ3) is 7.13. The van der Waals surface area contributed by atoms with Crippen molar-refractivity contribution in [1.29, 1.82) is 0 Å². The molecule has 0 bridgehead atoms. The van der Waals surface area contributed by atoms with Crippen molar-refractivity contribution in [1.82, 2.24) is 16.0 Å². The van der Waals surface area contributed by atoms with Crippen LogP contribution in [-0.2, 0) is 16.1 Å². The fourth-order valence-corrected chi connectivity index (χ4v) is 2.22. The van der Waals surface area contributed by atoms with Crippen LogP contribution >= 0.6 is 0 Å². The molecule has 0 spiro atoms. The summed E-state index contributed by atoms with van der Waals surface area (Å²) in [6.45, 7) is 7.49. The van der Waals surface area contributed by atoms with Crippen LogP contribution in [0, 0.1) is 11.3 Å². The van der Waals surface area contributed by atoms with Crippen LogP contribution in [-0.4, -0.2) is 35.6 Å². The van der Waals surface area contributed by atoms with Crippen LogP contribution < -0.4 is 16.0 Å². The summed E-state index contributed by atoms with van der Waals surface area (Å²) in [5, 5.41) is 17.2. The van der Waals surface area contributed by atoms with Crippen molar-refractivity contribution in [2.75, 3.05) is 6.54 Å². The lowest BCUT2D eigenvalue weighted by molar-refractivity contribution is -0.147. The second-order valence-electron chi connectivity index (χ2n) is 7.26. The van der Waals surface area contributed by atoms with E-state index in [9.17, 15) is 14.4 Å². The Morgan fingerprint density at radius 1 is 1.08 bits per heavy atom. The summed E-state index contributed by atoms with van der Waals surface area (Å²) >= 11 is 0. The Morgan fingerprint density at radius 2 is 1.69 bits per heavy atom. The van der Waals surface area contributed by atoms with Crippen LogP contribution in [0.5, 0.6) is 0 Å². The van der Waals surface area contributed by atoms with Crippen molar-refractivity contribution in [3.63, 3.8) is 0 Å². The Labute approximate surface area is 154 Å². The predicted octanol–water partition coefficient (Wildman–Crippen LogP) is 2.13. The summed E-state index contributed by atoms with van der Waals surface area (Å²) in [5.74, 6) is -1.34. The second kappa shape index (κ2) is 9.79. The van der Waals surface area contributed by atoms with Gasteiger partial charge < -0.3 is 21.1 Å². The number of benzene rings is 1. The van der Waals surface area contributed by atoms with E-state index < -0.39 is 23.5 Å². The molecule has 0 radical (unpaired) electrons. The first-order valence-corrected chi connectivity index (χ1v) is 8.73. The third-order valence-corrected chi connectivity index (χ3v) is 4.16. The highest BCUT2D eigenvalue weighted by Gasteiger charge is 2.28. The van der Waals surface area contributed by atoms with Crippen molar-refractivity contribution in [3.05, 3.63) is 35.9 Å². The first kappa shape index (κ1) is 21.5. The molecule has 4 N–H and O–H groups in total. The largest absolute Gasteiger partial charge is 0.481 e. The highest BCUT2D eigenvalue weighted by Crippen LogP contribution is 2.19. The Balaban J connectivity index is 2.50. The van der Waals surface area contributed by atoms with Gasteiger partial charge in [-0.05, 0) is 31.7 Å². The number of nitrogens with one attached hydrogen (secondary N) is 3. The number of carbonyl (C=O) groups is 3. The molecule has 1 aromatic rings. The maximum atomic E-state index is 12.3. The minimum atomic E-state index is -0.916. The molecule has 26 heavy (non-hydrogen) atoms. The van der Waals surface area contributed by atoms with E-state index in [-0.39, 0.29) is 18.4 Å². The zero-order chi connectivity index (χ0) is 19.7. The normalized spacial score (nSPS) is 12.3. The monoisotopic (exact) mass is 363 g/mol. The van der Waals surface area contributed by atoms with Crippen LogP contribution in [0.1, 0.15) is 39.7 Å². The van der Waals surface area contributed by atoms with E-state index >= 15 is 0 Å². The average Bonchev–Trinajstić information content (AvgIpc) is 2.58. The van der Waals surface area contributed by atoms with Gasteiger partial charge in [-0.1, -0.05) is 44.2 Å². The zero-order valence-electron chi connectivity index (χ0n) is 15.8. The SMILES string of the molecule is CC(C)C(NC(=O)NCc1ccccc1)C(=O)NCCC(C)(C)C(=O)O. The molecule has 1 atom stereocenters. The van der Waals surface area contributed by atoms with Crippen LogP contribution in [0.4, 0.5) is 4.79 Å². The van der Waals surface area contributed by atoms with E-state index in [1.807, 2.05) is 44.2 Å². The van der Waals surface area contributed by atoms with E-state index in [4.69, 9.17) is 5.11 Å². The van der Waals surface area contributed by atoms with Crippen LogP contribution in [0.2, 0.25) is 0 Å². The van der Waals surface area contributed by atoms with Crippen molar-refractivity contribution in [2.24, 2.45) is 11.3 Å². The molecule has 0 aliphatic heterocycles. The summed E-state index contributed by atoms with van der Waals surface area (Å²) in [6.07, 6.45) is 0.305. The smallest absolute Gasteiger partial charge is 0.315 e. The average molecular weight is 363 g/mol. The topological polar surface area (TPSA) is 108 Å². The minimum absolute atomic E-state index is 0.107. The van der Waals surface area contributed by atoms with E-state index in [2.05, 4.69) is 16.0 Å². The molecule has 0 aliphatic carbocycles. The Morgan fingerprint density at radius 3 is 2.23 bits per heavy atom. The second-order valence-corrected chi connectivity index (χ2v) is 7.26. The van der Waals surface area contributed by atoms with Gasteiger partial charge in [-0.3, -0.25) is 9.59 Å². The van der Waals surface area contributed by atoms with Crippen molar-refractivity contribution in [2.45, 2.75) is 46.7 Å². The van der Waals surface area contributed by atoms with Gasteiger partial charge in [0.2, 0.25) is 5.91 Å². The number of rotatable bonds is 9. The number of carbonyl (C=O) groups excluding carboxylic acids is 2. The fourth-order valence-electron chi connectivity index (χ4n) is 2.22. The van der Waals surface area contributed by atoms with Gasteiger partial charge >= 0.3 is 12.0 Å². The minimum Gasteiger partial charge on any atom is -0.481 e. The molecule has 144 valence electrons. The van der Waals surface area contributed by atoms with Crippen LogP contribution in [0.25, 0.3) is 0 Å². The number of hydrogen-bond acceptors (Lipinski definition) is 3. The summed E-state index contributed by atoms with van der Waals surface area (Å²) in [7, 11) is 0. The first-order valence-electron chi connectivity index (χ1n) is 8.73. The molecule has 1 aromatic carbocycles. The molecular weight excluding hydrogens is 334 g/mol. The first-order chi connectivity index (χ1) is 12.1. The molecular formula is C19H29N3O4. The van der Waals surface area contributed by atoms with Crippen molar-refractivity contribution < 1.29 is 19.5 Å². The van der Waals surface area contributed by atoms with Crippen molar-refractivity contribution >= 4 is 17.9 Å². The van der Waals surface area contributed by atoms with E-state index in [1.165, 1.54) is 0 Å². The zero-order valence-corrected chi connectivity index (χ0v) is 15.8. The quantitative estimate of drug-likeness (QED) is 0.539. The molecule has 0 fully saturated rings. The van der Waals surface area contributed by atoms with Gasteiger partial charge in [0, 0.05) is 13.1 Å². The summed E-state index contributed by atoms with van der Waals surface area (Å²) in [5.41, 5.74) is 0.0465. The Kier molecular flexibility index (Phi) is 8.09. The number of hydrogen-bond donors (Lipinski definition) is 4. The van der Waals surface area contributed by atoms with Crippen LogP contribution in [0.15, 0.2) is 30.3 Å².